The van der Waals surface area contributed by atoms with Crippen LogP contribution in [0.2, 0.25) is 0 Å². The molecular weight excluding hydrogens is 350 g/mol. The van der Waals surface area contributed by atoms with Crippen LogP contribution in [-0.4, -0.2) is 55.2 Å². The number of rotatable bonds is 6. The summed E-state index contributed by atoms with van der Waals surface area (Å²) < 4.78 is 5.35. The number of carbonyl (C=O) groups is 1. The van der Waals surface area contributed by atoms with Crippen LogP contribution in [0.15, 0.2) is 48.7 Å². The Morgan fingerprint density at radius 2 is 1.86 bits per heavy atom. The van der Waals surface area contributed by atoms with Gasteiger partial charge >= 0.3 is 0 Å². The number of hydrogen-bond acceptors (Lipinski definition) is 3. The number of morpholine rings is 1. The summed E-state index contributed by atoms with van der Waals surface area (Å²) >= 11 is 0. The van der Waals surface area contributed by atoms with Crippen molar-refractivity contribution >= 4 is 16.8 Å². The van der Waals surface area contributed by atoms with Crippen molar-refractivity contribution in [3.05, 3.63) is 59.8 Å². The Hall–Kier alpha value is -2.63. The Kier molecular flexibility index (Phi) is 5.74. The first-order valence-corrected chi connectivity index (χ1v) is 9.93. The monoisotopic (exact) mass is 377 g/mol. The van der Waals surface area contributed by atoms with E-state index in [0.29, 0.717) is 13.0 Å². The molecule has 1 amide bonds. The van der Waals surface area contributed by atoms with Crippen LogP contribution in [-0.2, 0) is 16.0 Å². The highest BCUT2D eigenvalue weighted by Crippen LogP contribution is 2.26. The summed E-state index contributed by atoms with van der Waals surface area (Å²) in [5, 5.41) is 4.15. The SMILES string of the molecule is Cc1ccc(-c2ccc3c(CC(=O)NCCN4CCOCC4)c[nH]c3c2)cc1. The van der Waals surface area contributed by atoms with Crippen LogP contribution >= 0.6 is 0 Å². The molecule has 1 aliphatic heterocycles. The van der Waals surface area contributed by atoms with Crippen LogP contribution in [0.1, 0.15) is 11.1 Å². The maximum absolute atomic E-state index is 12.3. The maximum Gasteiger partial charge on any atom is 0.224 e. The van der Waals surface area contributed by atoms with Crippen molar-refractivity contribution in [3.8, 4) is 11.1 Å². The Morgan fingerprint density at radius 3 is 2.64 bits per heavy atom. The zero-order chi connectivity index (χ0) is 19.3. The fourth-order valence-electron chi connectivity index (χ4n) is 3.67. The topological polar surface area (TPSA) is 57.4 Å². The van der Waals surface area contributed by atoms with E-state index in [1.807, 2.05) is 6.20 Å². The van der Waals surface area contributed by atoms with Gasteiger partial charge in [-0.3, -0.25) is 9.69 Å². The zero-order valence-corrected chi connectivity index (χ0v) is 16.3. The van der Waals surface area contributed by atoms with Crippen molar-refractivity contribution in [1.82, 2.24) is 15.2 Å². The third-order valence-corrected chi connectivity index (χ3v) is 5.36. The van der Waals surface area contributed by atoms with Crippen LogP contribution in [0.3, 0.4) is 0 Å². The third kappa shape index (κ3) is 4.43. The third-order valence-electron chi connectivity index (χ3n) is 5.36. The molecule has 2 aromatic carbocycles. The predicted octanol–water partition coefficient (Wildman–Crippen LogP) is 3.13. The number of benzene rings is 2. The number of H-pyrrole nitrogens is 1. The number of nitrogens with one attached hydrogen (secondary N) is 2. The summed E-state index contributed by atoms with van der Waals surface area (Å²) in [5.74, 6) is 0.0665. The fourth-order valence-corrected chi connectivity index (χ4v) is 3.67. The van der Waals surface area contributed by atoms with E-state index in [4.69, 9.17) is 4.74 Å². The van der Waals surface area contributed by atoms with Gasteiger partial charge in [-0.25, -0.2) is 0 Å². The molecule has 2 N–H and O–H groups in total. The fraction of sp³-hybridized carbons (Fsp3) is 0.348. The van der Waals surface area contributed by atoms with Gasteiger partial charge in [-0.15, -0.1) is 0 Å². The molecule has 0 unspecified atom stereocenters. The van der Waals surface area contributed by atoms with Crippen molar-refractivity contribution in [2.45, 2.75) is 13.3 Å². The van der Waals surface area contributed by atoms with Crippen molar-refractivity contribution in [1.29, 1.82) is 0 Å². The molecule has 0 aliphatic carbocycles. The van der Waals surface area contributed by atoms with Crippen LogP contribution < -0.4 is 5.32 Å². The summed E-state index contributed by atoms with van der Waals surface area (Å²) in [6.45, 7) is 7.11. The first kappa shape index (κ1) is 18.7. The van der Waals surface area contributed by atoms with Gasteiger partial charge in [0.05, 0.1) is 19.6 Å². The number of amides is 1. The molecule has 4 rings (SSSR count). The molecular formula is C23H27N3O2. The average molecular weight is 377 g/mol. The van der Waals surface area contributed by atoms with Gasteiger partial charge in [-0.05, 0) is 29.7 Å². The molecule has 5 nitrogen and oxygen atoms in total. The maximum atomic E-state index is 12.3. The molecule has 1 fully saturated rings. The number of aromatic amines is 1. The second kappa shape index (κ2) is 8.59. The van der Waals surface area contributed by atoms with Gasteiger partial charge in [0, 0.05) is 43.3 Å². The number of aromatic nitrogens is 1. The molecule has 0 atom stereocenters. The Morgan fingerprint density at radius 1 is 1.11 bits per heavy atom. The molecule has 0 spiro atoms. The Balaban J connectivity index is 1.37. The van der Waals surface area contributed by atoms with E-state index in [9.17, 15) is 4.79 Å². The van der Waals surface area contributed by atoms with Gasteiger partial charge in [-0.2, -0.15) is 0 Å². The Labute approximate surface area is 165 Å². The smallest absolute Gasteiger partial charge is 0.224 e. The predicted molar refractivity (Wildman–Crippen MR) is 112 cm³/mol. The van der Waals surface area contributed by atoms with Gasteiger partial charge < -0.3 is 15.0 Å². The van der Waals surface area contributed by atoms with Gasteiger partial charge in [0.25, 0.3) is 0 Å². The Bertz CT molecular complexity index is 940. The minimum atomic E-state index is 0.0665. The second-order valence-electron chi connectivity index (χ2n) is 7.42. The number of nitrogens with zero attached hydrogens (tertiary/aromatic N) is 1. The van der Waals surface area contributed by atoms with Gasteiger partial charge in [0.15, 0.2) is 0 Å². The minimum absolute atomic E-state index is 0.0665. The van der Waals surface area contributed by atoms with Gasteiger partial charge in [0.2, 0.25) is 5.91 Å². The lowest BCUT2D eigenvalue weighted by Crippen LogP contribution is -2.41. The summed E-state index contributed by atoms with van der Waals surface area (Å²) in [4.78, 5) is 18.0. The van der Waals surface area contributed by atoms with Gasteiger partial charge in [0.1, 0.15) is 0 Å². The quantitative estimate of drug-likeness (QED) is 0.694. The molecule has 2 heterocycles. The molecule has 28 heavy (non-hydrogen) atoms. The number of fused-ring (bicyclic) bond motifs is 1. The van der Waals surface area contributed by atoms with Crippen LogP contribution in [0.25, 0.3) is 22.0 Å². The van der Waals surface area contributed by atoms with Crippen LogP contribution in [0, 0.1) is 6.92 Å². The average Bonchev–Trinajstić information content (AvgIpc) is 3.11. The van der Waals surface area contributed by atoms with E-state index in [1.54, 1.807) is 0 Å². The van der Waals surface area contributed by atoms with Gasteiger partial charge in [-0.1, -0.05) is 42.0 Å². The number of carbonyl (C=O) groups excluding carboxylic acids is 1. The van der Waals surface area contributed by atoms with E-state index < -0.39 is 0 Å². The van der Waals surface area contributed by atoms with E-state index in [1.165, 1.54) is 16.7 Å². The summed E-state index contributed by atoms with van der Waals surface area (Å²) in [6, 6.07) is 14.9. The molecule has 1 aromatic heterocycles. The highest BCUT2D eigenvalue weighted by molar-refractivity contribution is 5.91. The molecule has 146 valence electrons. The number of hydrogen-bond donors (Lipinski definition) is 2. The summed E-state index contributed by atoms with van der Waals surface area (Å²) in [6.07, 6.45) is 2.35. The highest BCUT2D eigenvalue weighted by Gasteiger charge is 2.12. The number of aryl methyl sites for hydroxylation is 1. The van der Waals surface area contributed by atoms with E-state index in [-0.39, 0.29) is 5.91 Å². The molecule has 5 heteroatoms. The lowest BCUT2D eigenvalue weighted by Gasteiger charge is -2.26. The number of ether oxygens (including phenoxy) is 1. The molecule has 3 aromatic rings. The lowest BCUT2D eigenvalue weighted by molar-refractivity contribution is -0.120. The van der Waals surface area contributed by atoms with E-state index in [2.05, 4.69) is 64.6 Å². The zero-order valence-electron chi connectivity index (χ0n) is 16.3. The second-order valence-corrected chi connectivity index (χ2v) is 7.42. The molecule has 0 saturated carbocycles. The molecule has 0 radical (unpaired) electrons. The van der Waals surface area contributed by atoms with Crippen LogP contribution in [0.5, 0.6) is 0 Å². The highest BCUT2D eigenvalue weighted by atomic mass is 16.5. The van der Waals surface area contributed by atoms with Crippen molar-refractivity contribution in [3.63, 3.8) is 0 Å². The minimum Gasteiger partial charge on any atom is -0.379 e. The van der Waals surface area contributed by atoms with Crippen molar-refractivity contribution in [2.75, 3.05) is 39.4 Å². The summed E-state index contributed by atoms with van der Waals surface area (Å²) in [5.41, 5.74) is 5.73. The molecule has 1 saturated heterocycles. The van der Waals surface area contributed by atoms with E-state index in [0.717, 1.165) is 49.3 Å². The van der Waals surface area contributed by atoms with E-state index >= 15 is 0 Å². The van der Waals surface area contributed by atoms with Crippen molar-refractivity contribution in [2.24, 2.45) is 0 Å². The summed E-state index contributed by atoms with van der Waals surface area (Å²) in [7, 11) is 0. The molecule has 0 bridgehead atoms. The van der Waals surface area contributed by atoms with Crippen LogP contribution in [0.4, 0.5) is 0 Å². The lowest BCUT2D eigenvalue weighted by atomic mass is 10.0. The largest absolute Gasteiger partial charge is 0.379 e. The molecule has 1 aliphatic rings. The normalized spacial score (nSPS) is 15.0. The standard InChI is InChI=1S/C23H27N3O2/c1-17-2-4-18(5-3-17)19-6-7-21-20(16-25-22(21)14-19)15-23(27)24-8-9-26-10-12-28-13-11-26/h2-7,14,16,25H,8-13,15H2,1H3,(H,24,27). The first-order valence-electron chi connectivity index (χ1n) is 9.93. The first-order chi connectivity index (χ1) is 13.7. The van der Waals surface area contributed by atoms with Crippen molar-refractivity contribution < 1.29 is 9.53 Å².